The van der Waals surface area contributed by atoms with Crippen LogP contribution in [-0.2, 0) is 25.6 Å². The van der Waals surface area contributed by atoms with Crippen LogP contribution in [0.15, 0.2) is 75.3 Å². The number of aryl methyl sites for hydroxylation is 1. The molecule has 8 heteroatoms. The number of hydrogen-bond donors (Lipinski definition) is 1. The zero-order valence-corrected chi connectivity index (χ0v) is 23.9. The topological polar surface area (TPSA) is 101 Å². The SMILES string of the molecule is CCc1ccc(N2C(=O)[C@H]3[C@H](CC=C4[C@H](c5cc(Br)c(O)c(OC)c5)C5=C(C[C@H]43)C(=O)C(C)=CC5=O)C2=O)cc1. The number of phenols is 1. The van der Waals surface area contributed by atoms with Gasteiger partial charge in [-0.3, -0.25) is 24.1 Å². The molecule has 204 valence electrons. The molecule has 1 saturated heterocycles. The van der Waals surface area contributed by atoms with E-state index in [4.69, 9.17) is 4.74 Å². The van der Waals surface area contributed by atoms with E-state index < -0.39 is 23.7 Å². The third kappa shape index (κ3) is 3.84. The van der Waals surface area contributed by atoms with Gasteiger partial charge in [-0.2, -0.15) is 0 Å². The van der Waals surface area contributed by atoms with Gasteiger partial charge in [0.2, 0.25) is 11.8 Å². The standard InChI is InChI=1S/C32H28BrNO6/c1-4-16-5-7-18(8-6-16)34-31(38)20-10-9-19-21(27(20)32(34)39)14-22-28(24(35)11-15(2)29(22)36)26(19)17-12-23(33)30(37)25(13-17)40-3/h5-9,11-13,20-21,26-27,37H,4,10,14H2,1-3H3/t20-,21+,26-,27-/m0/s1. The van der Waals surface area contributed by atoms with Gasteiger partial charge in [0.1, 0.15) is 0 Å². The summed E-state index contributed by atoms with van der Waals surface area (Å²) < 4.78 is 5.77. The first-order valence-corrected chi connectivity index (χ1v) is 14.2. The van der Waals surface area contributed by atoms with Crippen molar-refractivity contribution in [2.24, 2.45) is 17.8 Å². The molecule has 1 heterocycles. The molecule has 6 rings (SSSR count). The van der Waals surface area contributed by atoms with Crippen LogP contribution in [0.1, 0.15) is 43.7 Å². The third-order valence-electron chi connectivity index (χ3n) is 8.77. The fourth-order valence-electron chi connectivity index (χ4n) is 6.81. The summed E-state index contributed by atoms with van der Waals surface area (Å²) >= 11 is 3.39. The Labute approximate surface area is 240 Å². The molecule has 4 aliphatic rings. The Hall–Kier alpha value is -3.78. The molecule has 0 saturated carbocycles. The van der Waals surface area contributed by atoms with E-state index in [2.05, 4.69) is 15.9 Å². The highest BCUT2D eigenvalue weighted by Crippen LogP contribution is 2.56. The van der Waals surface area contributed by atoms with Crippen LogP contribution in [0.3, 0.4) is 0 Å². The quantitative estimate of drug-likeness (QED) is 0.288. The second-order valence-corrected chi connectivity index (χ2v) is 11.7. The van der Waals surface area contributed by atoms with Gasteiger partial charge >= 0.3 is 0 Å². The van der Waals surface area contributed by atoms with E-state index >= 15 is 0 Å². The molecule has 2 aromatic rings. The van der Waals surface area contributed by atoms with Crippen LogP contribution in [0.25, 0.3) is 0 Å². The van der Waals surface area contributed by atoms with Gasteiger partial charge in [-0.1, -0.05) is 30.7 Å². The third-order valence-corrected chi connectivity index (χ3v) is 9.37. The number of ketones is 2. The maximum atomic E-state index is 14.0. The molecular formula is C32H28BrNO6. The minimum absolute atomic E-state index is 0.0754. The van der Waals surface area contributed by atoms with E-state index in [-0.39, 0.29) is 41.3 Å². The number of imide groups is 1. The van der Waals surface area contributed by atoms with Crippen molar-refractivity contribution < 1.29 is 29.0 Å². The van der Waals surface area contributed by atoms with E-state index in [9.17, 15) is 24.3 Å². The number of fused-ring (bicyclic) bond motifs is 3. The van der Waals surface area contributed by atoms with Crippen molar-refractivity contribution in [1.82, 2.24) is 0 Å². The van der Waals surface area contributed by atoms with Gasteiger partial charge in [-0.05, 0) is 89.5 Å². The Kier molecular flexibility index (Phi) is 6.41. The molecule has 7 nitrogen and oxygen atoms in total. The van der Waals surface area contributed by atoms with Gasteiger partial charge in [0.25, 0.3) is 0 Å². The summed E-state index contributed by atoms with van der Waals surface area (Å²) in [7, 11) is 1.44. The Morgan fingerprint density at radius 2 is 1.77 bits per heavy atom. The van der Waals surface area contributed by atoms with Crippen LogP contribution in [0.2, 0.25) is 0 Å². The molecule has 0 spiro atoms. The number of amides is 2. The predicted molar refractivity (Wildman–Crippen MR) is 152 cm³/mol. The lowest BCUT2D eigenvalue weighted by atomic mass is 9.59. The normalized spacial score (nSPS) is 25.9. The number of benzene rings is 2. The van der Waals surface area contributed by atoms with Crippen LogP contribution in [0.5, 0.6) is 11.5 Å². The number of rotatable bonds is 4. The lowest BCUT2D eigenvalue weighted by Crippen LogP contribution is -2.39. The molecule has 1 fully saturated rings. The first-order chi connectivity index (χ1) is 19.2. The molecule has 0 unspecified atom stereocenters. The number of hydrogen-bond acceptors (Lipinski definition) is 6. The summed E-state index contributed by atoms with van der Waals surface area (Å²) in [5.41, 5.74) is 4.30. The molecule has 2 amide bonds. The van der Waals surface area contributed by atoms with Crippen molar-refractivity contribution in [2.75, 3.05) is 12.0 Å². The van der Waals surface area contributed by atoms with Crippen molar-refractivity contribution in [2.45, 2.75) is 39.0 Å². The molecule has 1 aliphatic heterocycles. The van der Waals surface area contributed by atoms with Gasteiger partial charge in [0.05, 0.1) is 29.1 Å². The lowest BCUT2D eigenvalue weighted by Gasteiger charge is -2.42. The maximum Gasteiger partial charge on any atom is 0.238 e. The molecule has 0 bridgehead atoms. The number of allylic oxidation sites excluding steroid dienone is 6. The van der Waals surface area contributed by atoms with Gasteiger partial charge in [-0.15, -0.1) is 0 Å². The van der Waals surface area contributed by atoms with Gasteiger partial charge in [0.15, 0.2) is 23.1 Å². The second-order valence-electron chi connectivity index (χ2n) is 10.8. The number of aromatic hydroxyl groups is 1. The van der Waals surface area contributed by atoms with E-state index in [1.165, 1.54) is 18.1 Å². The summed E-state index contributed by atoms with van der Waals surface area (Å²) in [6, 6.07) is 10.8. The molecule has 3 aliphatic carbocycles. The monoisotopic (exact) mass is 601 g/mol. The smallest absolute Gasteiger partial charge is 0.238 e. The fourth-order valence-corrected chi connectivity index (χ4v) is 7.27. The van der Waals surface area contributed by atoms with Crippen molar-refractivity contribution in [3.05, 3.63) is 86.4 Å². The van der Waals surface area contributed by atoms with Crippen LogP contribution >= 0.6 is 15.9 Å². The number of phenolic OH excluding ortho intramolecular Hbond substituents is 1. The molecule has 0 radical (unpaired) electrons. The largest absolute Gasteiger partial charge is 0.503 e. The summed E-state index contributed by atoms with van der Waals surface area (Å²) in [6.45, 7) is 3.67. The Bertz CT molecular complexity index is 1600. The minimum atomic E-state index is -0.647. The van der Waals surface area contributed by atoms with Crippen LogP contribution in [0.4, 0.5) is 5.69 Å². The molecule has 1 N–H and O–H groups in total. The predicted octanol–water partition coefficient (Wildman–Crippen LogP) is 5.36. The average Bonchev–Trinajstić information content (AvgIpc) is 3.21. The Morgan fingerprint density at radius 1 is 1.05 bits per heavy atom. The maximum absolute atomic E-state index is 14.0. The van der Waals surface area contributed by atoms with Crippen LogP contribution in [-0.4, -0.2) is 35.6 Å². The number of methoxy groups -OCH3 is 1. The van der Waals surface area contributed by atoms with Gasteiger partial charge < -0.3 is 9.84 Å². The summed E-state index contributed by atoms with van der Waals surface area (Å²) in [5, 5.41) is 10.5. The highest BCUT2D eigenvalue weighted by molar-refractivity contribution is 9.10. The van der Waals surface area contributed by atoms with Crippen molar-refractivity contribution in [3.8, 4) is 11.5 Å². The van der Waals surface area contributed by atoms with E-state index in [0.717, 1.165) is 17.6 Å². The number of carbonyl (C=O) groups is 4. The minimum Gasteiger partial charge on any atom is -0.503 e. The van der Waals surface area contributed by atoms with Gasteiger partial charge in [-0.25, -0.2) is 0 Å². The number of anilines is 1. The summed E-state index contributed by atoms with van der Waals surface area (Å²) in [6.07, 6.45) is 4.77. The molecule has 40 heavy (non-hydrogen) atoms. The zero-order chi connectivity index (χ0) is 28.5. The van der Waals surface area contributed by atoms with Crippen molar-refractivity contribution in [1.29, 1.82) is 0 Å². The highest BCUT2D eigenvalue weighted by atomic mass is 79.9. The fraction of sp³-hybridized carbons (Fsp3) is 0.312. The number of Topliss-reactive ketones (excluding diaryl/α,β-unsaturated/α-hetero) is 1. The molecule has 2 aromatic carbocycles. The number of ether oxygens (including phenoxy) is 1. The average molecular weight is 602 g/mol. The first kappa shape index (κ1) is 26.4. The number of nitrogens with zero attached hydrogens (tertiary/aromatic N) is 1. The summed E-state index contributed by atoms with van der Waals surface area (Å²) in [5.74, 6) is -3.06. The van der Waals surface area contributed by atoms with E-state index in [1.54, 1.807) is 19.1 Å². The van der Waals surface area contributed by atoms with Crippen LogP contribution in [0, 0.1) is 17.8 Å². The zero-order valence-electron chi connectivity index (χ0n) is 22.4. The van der Waals surface area contributed by atoms with Gasteiger partial charge in [0, 0.05) is 22.6 Å². The van der Waals surface area contributed by atoms with Crippen LogP contribution < -0.4 is 9.64 Å². The highest BCUT2D eigenvalue weighted by Gasteiger charge is 2.56. The number of carbonyl (C=O) groups excluding carboxylic acids is 4. The summed E-state index contributed by atoms with van der Waals surface area (Å²) in [4.78, 5) is 55.8. The lowest BCUT2D eigenvalue weighted by molar-refractivity contribution is -0.123. The Balaban J connectivity index is 1.49. The van der Waals surface area contributed by atoms with Crippen molar-refractivity contribution >= 4 is 45.0 Å². The molecule has 4 atom stereocenters. The van der Waals surface area contributed by atoms with E-state index in [0.29, 0.717) is 38.9 Å². The molecule has 0 aromatic heterocycles. The van der Waals surface area contributed by atoms with Crippen molar-refractivity contribution in [3.63, 3.8) is 0 Å². The molecular weight excluding hydrogens is 574 g/mol. The van der Waals surface area contributed by atoms with E-state index in [1.807, 2.05) is 37.3 Å². The first-order valence-electron chi connectivity index (χ1n) is 13.4. The Morgan fingerprint density at radius 3 is 2.45 bits per heavy atom. The number of halogens is 1. The second kappa shape index (κ2) is 9.70.